The van der Waals surface area contributed by atoms with Gasteiger partial charge in [-0.1, -0.05) is 54.2 Å². The van der Waals surface area contributed by atoms with E-state index in [2.05, 4.69) is 65.4 Å². The lowest BCUT2D eigenvalue weighted by Crippen LogP contribution is -2.19. The summed E-state index contributed by atoms with van der Waals surface area (Å²) < 4.78 is 2.32. The Bertz CT molecular complexity index is 1350. The summed E-state index contributed by atoms with van der Waals surface area (Å²) in [5.74, 6) is 0.480. The van der Waals surface area contributed by atoms with Crippen LogP contribution in [0.1, 0.15) is 49.4 Å². The molecule has 1 fully saturated rings. The number of anilines is 1. The van der Waals surface area contributed by atoms with Crippen molar-refractivity contribution in [1.82, 2.24) is 19.4 Å². The molecule has 1 aliphatic heterocycles. The molecule has 1 saturated heterocycles. The van der Waals surface area contributed by atoms with Gasteiger partial charge in [-0.2, -0.15) is 0 Å². The molecule has 0 amide bonds. The van der Waals surface area contributed by atoms with Gasteiger partial charge in [-0.25, -0.2) is 9.97 Å². The van der Waals surface area contributed by atoms with E-state index in [1.807, 2.05) is 18.2 Å². The van der Waals surface area contributed by atoms with Crippen LogP contribution in [0.4, 0.5) is 5.82 Å². The number of likely N-dealkylation sites (tertiary alicyclic amines) is 1. The van der Waals surface area contributed by atoms with Crippen LogP contribution >= 0.6 is 11.8 Å². The van der Waals surface area contributed by atoms with Crippen LogP contribution in [0.5, 0.6) is 0 Å². The molecule has 170 valence electrons. The van der Waals surface area contributed by atoms with Crippen LogP contribution in [0.15, 0.2) is 54.2 Å². The third kappa shape index (κ3) is 3.91. The Hall–Kier alpha value is -2.83. The highest BCUT2D eigenvalue weighted by Gasteiger charge is 2.22. The van der Waals surface area contributed by atoms with Gasteiger partial charge in [0.15, 0.2) is 11.0 Å². The van der Waals surface area contributed by atoms with E-state index in [1.54, 1.807) is 11.8 Å². The van der Waals surface area contributed by atoms with E-state index in [0.29, 0.717) is 5.82 Å². The minimum Gasteiger partial charge on any atom is -0.382 e. The van der Waals surface area contributed by atoms with Crippen LogP contribution in [0.3, 0.4) is 0 Å². The first-order chi connectivity index (χ1) is 16.0. The number of thioether (sulfide) groups is 1. The summed E-state index contributed by atoms with van der Waals surface area (Å²) in [5.41, 5.74) is 14.0. The number of aromatic nitrogens is 3. The molecule has 2 N–H and O–H groups in total. The van der Waals surface area contributed by atoms with Crippen molar-refractivity contribution < 1.29 is 0 Å². The van der Waals surface area contributed by atoms with Crippen molar-refractivity contribution in [3.8, 4) is 0 Å². The maximum Gasteiger partial charge on any atom is 0.169 e. The molecule has 0 aliphatic carbocycles. The topological polar surface area (TPSA) is 60.0 Å². The summed E-state index contributed by atoms with van der Waals surface area (Å²) >= 11 is 1.64. The maximum absolute atomic E-state index is 6.35. The molecule has 1 aliphatic rings. The zero-order chi connectivity index (χ0) is 23.1. The van der Waals surface area contributed by atoms with E-state index in [4.69, 9.17) is 10.7 Å². The number of imidazole rings is 1. The van der Waals surface area contributed by atoms with Crippen LogP contribution in [0, 0.1) is 0 Å². The first-order valence-electron chi connectivity index (χ1n) is 11.6. The Balaban J connectivity index is 1.65. The molecular weight excluding hydrogens is 426 g/mol. The van der Waals surface area contributed by atoms with Gasteiger partial charge in [-0.05, 0) is 74.9 Å². The second-order valence-corrected chi connectivity index (χ2v) is 9.81. The lowest BCUT2D eigenvalue weighted by Gasteiger charge is -2.22. The van der Waals surface area contributed by atoms with Crippen molar-refractivity contribution in [3.63, 3.8) is 0 Å². The average Bonchev–Trinajstić information content (AvgIpc) is 3.47. The Labute approximate surface area is 199 Å². The van der Waals surface area contributed by atoms with E-state index < -0.39 is 0 Å². The highest BCUT2D eigenvalue weighted by Crippen LogP contribution is 2.36. The number of pyridine rings is 1. The van der Waals surface area contributed by atoms with Crippen LogP contribution < -0.4 is 5.73 Å². The van der Waals surface area contributed by atoms with Gasteiger partial charge in [-0.15, -0.1) is 0 Å². The van der Waals surface area contributed by atoms with E-state index in [0.717, 1.165) is 39.2 Å². The van der Waals surface area contributed by atoms with Crippen molar-refractivity contribution in [2.24, 2.45) is 0 Å². The second kappa shape index (κ2) is 8.84. The zero-order valence-electron chi connectivity index (χ0n) is 19.6. The number of nitrogens with zero attached hydrogens (tertiary/aromatic N) is 4. The zero-order valence-corrected chi connectivity index (χ0v) is 20.5. The maximum atomic E-state index is 6.35. The van der Waals surface area contributed by atoms with Gasteiger partial charge in [0.2, 0.25) is 0 Å². The van der Waals surface area contributed by atoms with E-state index in [-0.39, 0.29) is 6.04 Å². The highest BCUT2D eigenvalue weighted by atomic mass is 32.2. The van der Waals surface area contributed by atoms with E-state index >= 15 is 0 Å². The number of hydrogen-bond donors (Lipinski definition) is 1. The third-order valence-corrected chi connectivity index (χ3v) is 7.41. The summed E-state index contributed by atoms with van der Waals surface area (Å²) in [5, 5.41) is 2.02. The second-order valence-electron chi connectivity index (χ2n) is 9.04. The number of rotatable bonds is 6. The molecule has 0 radical (unpaired) electrons. The van der Waals surface area contributed by atoms with Crippen molar-refractivity contribution in [2.75, 3.05) is 25.1 Å². The Morgan fingerprint density at radius 1 is 1.15 bits per heavy atom. The van der Waals surface area contributed by atoms with Crippen LogP contribution in [0.25, 0.3) is 27.5 Å². The number of nitrogen functional groups attached to an aromatic ring is 1. The Morgan fingerprint density at radius 3 is 2.64 bits per heavy atom. The minimum absolute atomic E-state index is 0.0848. The van der Waals surface area contributed by atoms with Gasteiger partial charge in [0.1, 0.15) is 5.52 Å². The standard InChI is InChI=1S/C27H31N5S/c1-17(2)22-15-19(11-12-20(22)16-31-13-7-8-14-31)18(3)32-25-21-9-5-6-10-23(21)29-26(28)24(25)30-27(32)33-4/h5-6,9-12,15,18H,1,7-8,13-14,16H2,2-4H3,(H2,28,29). The summed E-state index contributed by atoms with van der Waals surface area (Å²) in [4.78, 5) is 12.0. The number of benzene rings is 2. The van der Waals surface area contributed by atoms with Gasteiger partial charge in [0.25, 0.3) is 0 Å². The largest absolute Gasteiger partial charge is 0.382 e. The molecule has 3 heterocycles. The molecule has 6 heteroatoms. The minimum atomic E-state index is 0.0848. The van der Waals surface area contributed by atoms with E-state index in [1.165, 1.54) is 42.6 Å². The molecule has 5 rings (SSSR count). The Kier molecular flexibility index (Phi) is 5.89. The van der Waals surface area contributed by atoms with Crippen molar-refractivity contribution >= 4 is 45.1 Å². The molecular formula is C27H31N5S. The van der Waals surface area contributed by atoms with Crippen LogP contribution in [-0.4, -0.2) is 38.8 Å². The number of para-hydroxylation sites is 1. The fourth-order valence-electron chi connectivity index (χ4n) is 5.03. The number of hydrogen-bond acceptors (Lipinski definition) is 5. The molecule has 2 aromatic heterocycles. The highest BCUT2D eigenvalue weighted by molar-refractivity contribution is 7.98. The molecule has 33 heavy (non-hydrogen) atoms. The number of allylic oxidation sites excluding steroid dienone is 1. The molecule has 5 nitrogen and oxygen atoms in total. The third-order valence-electron chi connectivity index (χ3n) is 6.76. The first kappa shape index (κ1) is 22.0. The number of nitrogens with two attached hydrogens (primary N) is 1. The molecule has 0 saturated carbocycles. The molecule has 1 atom stereocenters. The SMILES string of the molecule is C=C(C)c1cc(C(C)n2c(SC)nc3c(N)nc4ccccc4c32)ccc1CN1CCCC1. The van der Waals surface area contributed by atoms with Crippen LogP contribution in [0.2, 0.25) is 0 Å². The summed E-state index contributed by atoms with van der Waals surface area (Å²) in [7, 11) is 0. The van der Waals surface area contributed by atoms with Gasteiger partial charge in [0, 0.05) is 11.9 Å². The molecule has 0 bridgehead atoms. The summed E-state index contributed by atoms with van der Waals surface area (Å²) in [6.45, 7) is 12.0. The van der Waals surface area contributed by atoms with Gasteiger partial charge in [-0.3, -0.25) is 4.90 Å². The van der Waals surface area contributed by atoms with Crippen molar-refractivity contribution in [3.05, 3.63) is 65.7 Å². The van der Waals surface area contributed by atoms with Gasteiger partial charge in [0.05, 0.1) is 17.1 Å². The molecule has 2 aromatic carbocycles. The van der Waals surface area contributed by atoms with Gasteiger partial charge < -0.3 is 10.3 Å². The monoisotopic (exact) mass is 457 g/mol. The van der Waals surface area contributed by atoms with Crippen molar-refractivity contribution in [1.29, 1.82) is 0 Å². The van der Waals surface area contributed by atoms with E-state index in [9.17, 15) is 0 Å². The first-order valence-corrected chi connectivity index (χ1v) is 12.8. The quantitative estimate of drug-likeness (QED) is 0.353. The molecule has 1 unspecified atom stereocenters. The number of fused-ring (bicyclic) bond motifs is 3. The average molecular weight is 458 g/mol. The fraction of sp³-hybridized carbons (Fsp3) is 0.333. The Morgan fingerprint density at radius 2 is 1.91 bits per heavy atom. The van der Waals surface area contributed by atoms with Crippen molar-refractivity contribution in [2.45, 2.75) is 44.4 Å². The predicted molar refractivity (Wildman–Crippen MR) is 141 cm³/mol. The summed E-state index contributed by atoms with van der Waals surface area (Å²) in [6.07, 6.45) is 4.66. The van der Waals surface area contributed by atoms with Gasteiger partial charge >= 0.3 is 0 Å². The summed E-state index contributed by atoms with van der Waals surface area (Å²) in [6, 6.07) is 15.1. The molecule has 0 spiro atoms. The van der Waals surface area contributed by atoms with Crippen LogP contribution in [-0.2, 0) is 6.54 Å². The lowest BCUT2D eigenvalue weighted by atomic mass is 9.96. The smallest absolute Gasteiger partial charge is 0.169 e. The normalized spacial score (nSPS) is 15.5. The fourth-order valence-corrected chi connectivity index (χ4v) is 5.65. The lowest BCUT2D eigenvalue weighted by molar-refractivity contribution is 0.331. The molecule has 4 aromatic rings. The predicted octanol–water partition coefficient (Wildman–Crippen LogP) is 6.13.